The first kappa shape index (κ1) is 12.7. The quantitative estimate of drug-likeness (QED) is 0.714. The predicted molar refractivity (Wildman–Crippen MR) is 61.4 cm³/mol. The summed E-state index contributed by atoms with van der Waals surface area (Å²) < 4.78 is 19.0. The van der Waals surface area contributed by atoms with Crippen LogP contribution in [-0.2, 0) is 0 Å². The van der Waals surface area contributed by atoms with Gasteiger partial charge in [0.2, 0.25) is 0 Å². The van der Waals surface area contributed by atoms with Crippen LogP contribution in [0.4, 0.5) is 4.39 Å². The third kappa shape index (κ3) is 3.33. The third-order valence-electron chi connectivity index (χ3n) is 2.35. The topological polar surface area (TPSA) is 26.3 Å². The van der Waals surface area contributed by atoms with Crippen LogP contribution >= 0.6 is 0 Å². The lowest BCUT2D eigenvalue weighted by Gasteiger charge is -2.14. The van der Waals surface area contributed by atoms with E-state index in [0.29, 0.717) is 5.75 Å². The minimum atomic E-state index is -0.520. The highest BCUT2D eigenvalue weighted by atomic mass is 19.1. The molecule has 0 N–H and O–H groups in total. The minimum absolute atomic E-state index is 0.0626. The maximum atomic E-state index is 13.4. The average molecular weight is 224 g/mol. The molecule has 1 aromatic carbocycles. The van der Waals surface area contributed by atoms with Gasteiger partial charge in [0.15, 0.2) is 5.78 Å². The van der Waals surface area contributed by atoms with E-state index in [1.165, 1.54) is 19.1 Å². The molecule has 0 aliphatic heterocycles. The van der Waals surface area contributed by atoms with Crippen molar-refractivity contribution in [1.29, 1.82) is 0 Å². The summed E-state index contributed by atoms with van der Waals surface area (Å²) in [5.41, 5.74) is 0.107. The van der Waals surface area contributed by atoms with Gasteiger partial charge in [0.25, 0.3) is 0 Å². The Balaban J connectivity index is 2.77. The monoisotopic (exact) mass is 224 g/mol. The summed E-state index contributed by atoms with van der Waals surface area (Å²) in [5.74, 6) is -0.317. The summed E-state index contributed by atoms with van der Waals surface area (Å²) in [4.78, 5) is 11.0. The Kier molecular flexibility index (Phi) is 4.47. The van der Waals surface area contributed by atoms with Crippen molar-refractivity contribution in [3.05, 3.63) is 29.6 Å². The maximum Gasteiger partial charge on any atom is 0.162 e. The largest absolute Gasteiger partial charge is 0.491 e. The van der Waals surface area contributed by atoms with Crippen molar-refractivity contribution in [2.45, 2.75) is 39.7 Å². The van der Waals surface area contributed by atoms with Crippen LogP contribution in [0, 0.1) is 5.82 Å². The number of ketones is 1. The summed E-state index contributed by atoms with van der Waals surface area (Å²) in [6.45, 7) is 5.36. The molecule has 1 aromatic rings. The van der Waals surface area contributed by atoms with Gasteiger partial charge in [-0.25, -0.2) is 4.39 Å². The molecule has 16 heavy (non-hydrogen) atoms. The number of rotatable bonds is 5. The minimum Gasteiger partial charge on any atom is -0.491 e. The second-order valence-corrected chi connectivity index (χ2v) is 3.91. The molecule has 1 unspecified atom stereocenters. The molecule has 0 bridgehead atoms. The van der Waals surface area contributed by atoms with Crippen LogP contribution in [0.2, 0.25) is 0 Å². The first-order valence-electron chi connectivity index (χ1n) is 5.51. The summed E-state index contributed by atoms with van der Waals surface area (Å²) in [6, 6.07) is 4.36. The molecule has 3 heteroatoms. The van der Waals surface area contributed by atoms with Crippen molar-refractivity contribution in [2.24, 2.45) is 0 Å². The molecule has 88 valence electrons. The first-order chi connectivity index (χ1) is 7.54. The van der Waals surface area contributed by atoms with E-state index < -0.39 is 5.82 Å². The zero-order valence-electron chi connectivity index (χ0n) is 9.92. The van der Waals surface area contributed by atoms with Crippen LogP contribution in [-0.4, -0.2) is 11.9 Å². The normalized spacial score (nSPS) is 12.2. The van der Waals surface area contributed by atoms with Gasteiger partial charge < -0.3 is 4.74 Å². The molecule has 0 heterocycles. The van der Waals surface area contributed by atoms with Gasteiger partial charge in [-0.3, -0.25) is 4.79 Å². The number of carbonyl (C=O) groups excluding carboxylic acids is 1. The zero-order chi connectivity index (χ0) is 12.1. The summed E-state index contributed by atoms with van der Waals surface area (Å²) in [6.07, 6.45) is 2.01. The Bertz CT molecular complexity index is 374. The highest BCUT2D eigenvalue weighted by Gasteiger charge is 2.09. The van der Waals surface area contributed by atoms with Gasteiger partial charge in [-0.1, -0.05) is 13.3 Å². The lowest BCUT2D eigenvalue weighted by atomic mass is 10.1. The molecule has 0 fully saturated rings. The highest BCUT2D eigenvalue weighted by Crippen LogP contribution is 2.19. The lowest BCUT2D eigenvalue weighted by Crippen LogP contribution is -2.11. The van der Waals surface area contributed by atoms with Crippen molar-refractivity contribution in [1.82, 2.24) is 0 Å². The number of carbonyl (C=O) groups is 1. The van der Waals surface area contributed by atoms with Crippen LogP contribution in [0.1, 0.15) is 44.0 Å². The van der Waals surface area contributed by atoms with E-state index in [1.807, 2.05) is 6.92 Å². The molecule has 2 nitrogen and oxygen atoms in total. The molecule has 1 rings (SSSR count). The van der Waals surface area contributed by atoms with E-state index >= 15 is 0 Å². The van der Waals surface area contributed by atoms with Crippen molar-refractivity contribution in [2.75, 3.05) is 0 Å². The van der Waals surface area contributed by atoms with Gasteiger partial charge in [-0.2, -0.15) is 0 Å². The van der Waals surface area contributed by atoms with Gasteiger partial charge in [-0.15, -0.1) is 0 Å². The van der Waals surface area contributed by atoms with E-state index in [4.69, 9.17) is 4.74 Å². The molecule has 0 aromatic heterocycles. The maximum absolute atomic E-state index is 13.4. The van der Waals surface area contributed by atoms with Gasteiger partial charge in [-0.05, 0) is 32.4 Å². The molecule has 0 amide bonds. The Labute approximate surface area is 95.4 Å². The molecule has 0 spiro atoms. The van der Waals surface area contributed by atoms with Gasteiger partial charge in [0.05, 0.1) is 11.7 Å². The SMILES string of the molecule is CCCC(C)Oc1ccc(C(C)=O)c(F)c1. The van der Waals surface area contributed by atoms with Gasteiger partial charge in [0.1, 0.15) is 11.6 Å². The number of benzene rings is 1. The number of ether oxygens (including phenoxy) is 1. The molecular formula is C13H17FO2. The van der Waals surface area contributed by atoms with Crippen molar-refractivity contribution in [3.8, 4) is 5.75 Å². The molecule has 0 saturated heterocycles. The van der Waals surface area contributed by atoms with Crippen LogP contribution < -0.4 is 4.74 Å². The highest BCUT2D eigenvalue weighted by molar-refractivity contribution is 5.94. The number of hydrogen-bond acceptors (Lipinski definition) is 2. The fourth-order valence-corrected chi connectivity index (χ4v) is 1.55. The van der Waals surface area contributed by atoms with Crippen molar-refractivity contribution in [3.63, 3.8) is 0 Å². The van der Waals surface area contributed by atoms with Crippen LogP contribution in [0.25, 0.3) is 0 Å². The molecule has 0 saturated carbocycles. The standard InChI is InChI=1S/C13H17FO2/c1-4-5-9(2)16-11-6-7-12(10(3)15)13(14)8-11/h6-9H,4-5H2,1-3H3. The molecule has 0 aliphatic rings. The lowest BCUT2D eigenvalue weighted by molar-refractivity contribution is 0.101. The van der Waals surface area contributed by atoms with Gasteiger partial charge in [0, 0.05) is 6.07 Å². The van der Waals surface area contributed by atoms with Crippen LogP contribution in [0.15, 0.2) is 18.2 Å². The Morgan fingerprint density at radius 3 is 2.69 bits per heavy atom. The van der Waals surface area contributed by atoms with E-state index in [0.717, 1.165) is 12.8 Å². The predicted octanol–water partition coefficient (Wildman–Crippen LogP) is 3.60. The van der Waals surface area contributed by atoms with E-state index in [2.05, 4.69) is 6.92 Å². The average Bonchev–Trinajstić information content (AvgIpc) is 2.17. The van der Waals surface area contributed by atoms with E-state index in [9.17, 15) is 9.18 Å². The molecule has 0 aliphatic carbocycles. The smallest absolute Gasteiger partial charge is 0.162 e. The van der Waals surface area contributed by atoms with Crippen LogP contribution in [0.5, 0.6) is 5.75 Å². The Morgan fingerprint density at radius 1 is 1.50 bits per heavy atom. The van der Waals surface area contributed by atoms with Crippen molar-refractivity contribution < 1.29 is 13.9 Å². The number of hydrogen-bond donors (Lipinski definition) is 0. The summed E-state index contributed by atoms with van der Waals surface area (Å²) in [5, 5.41) is 0. The molecule has 0 radical (unpaired) electrons. The molecular weight excluding hydrogens is 207 g/mol. The van der Waals surface area contributed by atoms with E-state index in [-0.39, 0.29) is 17.5 Å². The van der Waals surface area contributed by atoms with Crippen LogP contribution in [0.3, 0.4) is 0 Å². The second kappa shape index (κ2) is 5.64. The fourth-order valence-electron chi connectivity index (χ4n) is 1.55. The first-order valence-corrected chi connectivity index (χ1v) is 5.51. The van der Waals surface area contributed by atoms with Crippen molar-refractivity contribution >= 4 is 5.78 Å². The summed E-state index contributed by atoms with van der Waals surface area (Å²) in [7, 11) is 0. The summed E-state index contributed by atoms with van der Waals surface area (Å²) >= 11 is 0. The third-order valence-corrected chi connectivity index (χ3v) is 2.35. The zero-order valence-corrected chi connectivity index (χ0v) is 9.92. The number of halogens is 1. The van der Waals surface area contributed by atoms with E-state index in [1.54, 1.807) is 6.07 Å². The number of Topliss-reactive ketones (excluding diaryl/α,β-unsaturated/α-hetero) is 1. The second-order valence-electron chi connectivity index (χ2n) is 3.91. The fraction of sp³-hybridized carbons (Fsp3) is 0.462. The van der Waals surface area contributed by atoms with Gasteiger partial charge >= 0.3 is 0 Å². The Morgan fingerprint density at radius 2 is 2.19 bits per heavy atom. The Hall–Kier alpha value is -1.38. The molecule has 1 atom stereocenters.